The van der Waals surface area contributed by atoms with E-state index in [1.165, 1.54) is 24.3 Å². The van der Waals surface area contributed by atoms with Gasteiger partial charge in [0.1, 0.15) is 0 Å². The number of nitrogens with one attached hydrogen (secondary N) is 1. The van der Waals surface area contributed by atoms with E-state index >= 15 is 0 Å². The molecule has 0 radical (unpaired) electrons. The van der Waals surface area contributed by atoms with Crippen LogP contribution in [0.25, 0.3) is 0 Å². The molecule has 0 aliphatic heterocycles. The molecule has 0 spiro atoms. The number of anilines is 1. The first-order chi connectivity index (χ1) is 11.0. The highest BCUT2D eigenvalue weighted by Crippen LogP contribution is 2.37. The van der Waals surface area contributed by atoms with Gasteiger partial charge in [0.25, 0.3) is 5.91 Å². The van der Waals surface area contributed by atoms with Crippen molar-refractivity contribution in [3.63, 3.8) is 0 Å². The monoisotopic (exact) mass is 367 g/mol. The molecule has 9 heteroatoms. The van der Waals surface area contributed by atoms with E-state index in [1.807, 2.05) is 5.32 Å². The molecule has 0 aliphatic rings. The molecule has 1 amide bonds. The number of halogens is 7. The third-order valence-electron chi connectivity index (χ3n) is 2.95. The van der Waals surface area contributed by atoms with Crippen LogP contribution in [0.5, 0.6) is 0 Å². The average molecular weight is 368 g/mol. The highest BCUT2D eigenvalue weighted by molar-refractivity contribution is 6.30. The highest BCUT2D eigenvalue weighted by Gasteiger charge is 2.37. The zero-order valence-electron chi connectivity index (χ0n) is 11.6. The number of benzene rings is 2. The molecular formula is C15H8ClF6NO. The summed E-state index contributed by atoms with van der Waals surface area (Å²) in [7, 11) is 0. The Labute approximate surface area is 137 Å². The summed E-state index contributed by atoms with van der Waals surface area (Å²) in [6, 6.07) is 6.16. The predicted molar refractivity (Wildman–Crippen MR) is 75.9 cm³/mol. The first-order valence-electron chi connectivity index (χ1n) is 6.33. The van der Waals surface area contributed by atoms with Crippen molar-refractivity contribution in [3.8, 4) is 0 Å². The molecular weight excluding hydrogens is 360 g/mol. The first kappa shape index (κ1) is 18.1. The minimum absolute atomic E-state index is 0.0159. The fourth-order valence-corrected chi connectivity index (χ4v) is 1.96. The Bertz CT molecular complexity index is 720. The molecule has 2 rings (SSSR count). The quantitative estimate of drug-likeness (QED) is 0.685. The number of rotatable bonds is 2. The van der Waals surface area contributed by atoms with Gasteiger partial charge in [-0.2, -0.15) is 26.3 Å². The van der Waals surface area contributed by atoms with Crippen molar-refractivity contribution in [3.05, 3.63) is 64.2 Å². The summed E-state index contributed by atoms with van der Waals surface area (Å²) in [5, 5.41) is 2.34. The Hall–Kier alpha value is -2.22. The molecule has 0 aromatic heterocycles. The molecule has 128 valence electrons. The topological polar surface area (TPSA) is 29.1 Å². The Balaban J connectivity index is 2.38. The van der Waals surface area contributed by atoms with Crippen LogP contribution in [0.15, 0.2) is 42.5 Å². The van der Waals surface area contributed by atoms with E-state index in [2.05, 4.69) is 0 Å². The van der Waals surface area contributed by atoms with Crippen LogP contribution in [0, 0.1) is 0 Å². The average Bonchev–Trinajstić information content (AvgIpc) is 2.45. The van der Waals surface area contributed by atoms with Gasteiger partial charge in [-0.05, 0) is 42.5 Å². The van der Waals surface area contributed by atoms with Gasteiger partial charge in [0.2, 0.25) is 0 Å². The first-order valence-corrected chi connectivity index (χ1v) is 6.71. The molecule has 0 aliphatic carbocycles. The molecule has 0 atom stereocenters. The lowest BCUT2D eigenvalue weighted by atomic mass is 10.1. The number of hydrogen-bond donors (Lipinski definition) is 1. The number of amides is 1. The fourth-order valence-electron chi connectivity index (χ4n) is 1.83. The Morgan fingerprint density at radius 1 is 0.833 bits per heavy atom. The minimum Gasteiger partial charge on any atom is -0.322 e. The predicted octanol–water partition coefficient (Wildman–Crippen LogP) is 5.63. The molecule has 24 heavy (non-hydrogen) atoms. The minimum atomic E-state index is -4.99. The van der Waals surface area contributed by atoms with E-state index < -0.39 is 35.1 Å². The second kappa shape index (κ2) is 6.35. The van der Waals surface area contributed by atoms with Crippen molar-refractivity contribution in [2.45, 2.75) is 12.4 Å². The van der Waals surface area contributed by atoms with Gasteiger partial charge in [-0.3, -0.25) is 4.79 Å². The zero-order valence-corrected chi connectivity index (χ0v) is 12.4. The molecule has 2 aromatic rings. The van der Waals surface area contributed by atoms with E-state index in [0.29, 0.717) is 17.2 Å². The lowest BCUT2D eigenvalue weighted by Gasteiger charge is -2.14. The highest BCUT2D eigenvalue weighted by atomic mass is 35.5. The maximum absolute atomic E-state index is 12.7. The van der Waals surface area contributed by atoms with Gasteiger partial charge in [0.05, 0.1) is 11.1 Å². The van der Waals surface area contributed by atoms with Crippen LogP contribution in [0.1, 0.15) is 21.5 Å². The van der Waals surface area contributed by atoms with Gasteiger partial charge in [0.15, 0.2) is 0 Å². The van der Waals surface area contributed by atoms with Crippen LogP contribution < -0.4 is 5.32 Å². The molecule has 0 saturated heterocycles. The van der Waals surface area contributed by atoms with E-state index in [0.717, 1.165) is 0 Å². The molecule has 0 fully saturated rings. The zero-order chi connectivity index (χ0) is 18.1. The van der Waals surface area contributed by atoms with Gasteiger partial charge < -0.3 is 5.32 Å². The van der Waals surface area contributed by atoms with Gasteiger partial charge in [-0.1, -0.05) is 11.6 Å². The van der Waals surface area contributed by atoms with Gasteiger partial charge >= 0.3 is 12.4 Å². The SMILES string of the molecule is O=C(Nc1cc(C(F)(F)F)cc(C(F)(F)F)c1)c1ccc(Cl)cc1. The number of carbonyl (C=O) groups excluding carboxylic acids is 1. The van der Waals surface area contributed by atoms with Crippen LogP contribution >= 0.6 is 11.6 Å². The number of hydrogen-bond acceptors (Lipinski definition) is 1. The Morgan fingerprint density at radius 2 is 1.29 bits per heavy atom. The van der Waals surface area contributed by atoms with Crippen molar-refractivity contribution >= 4 is 23.2 Å². The Kier molecular flexibility index (Phi) is 4.80. The summed E-state index contributed by atoms with van der Waals surface area (Å²) in [5.41, 5.74) is -3.60. The van der Waals surface area contributed by atoms with Gasteiger partial charge in [-0.25, -0.2) is 0 Å². The van der Waals surface area contributed by atoms with Crippen LogP contribution in [0.4, 0.5) is 32.0 Å². The van der Waals surface area contributed by atoms with Crippen LogP contribution in [-0.2, 0) is 12.4 Å². The van der Waals surface area contributed by atoms with Gasteiger partial charge in [0, 0.05) is 16.3 Å². The number of carbonyl (C=O) groups is 1. The molecule has 0 bridgehead atoms. The number of alkyl halides is 6. The van der Waals surface area contributed by atoms with Crippen molar-refractivity contribution in [1.82, 2.24) is 0 Å². The summed E-state index contributed by atoms with van der Waals surface area (Å²) in [5.74, 6) is -0.862. The summed E-state index contributed by atoms with van der Waals surface area (Å²) in [4.78, 5) is 11.9. The van der Waals surface area contributed by atoms with Gasteiger partial charge in [-0.15, -0.1) is 0 Å². The summed E-state index contributed by atoms with van der Waals surface area (Å²) in [6.45, 7) is 0. The fraction of sp³-hybridized carbons (Fsp3) is 0.133. The summed E-state index contributed by atoms with van der Waals surface area (Å²) in [6.07, 6.45) is -9.97. The molecule has 0 unspecified atom stereocenters. The van der Waals surface area contributed by atoms with E-state index in [9.17, 15) is 31.1 Å². The molecule has 2 nitrogen and oxygen atoms in total. The van der Waals surface area contributed by atoms with E-state index in [1.54, 1.807) is 0 Å². The maximum atomic E-state index is 12.7. The third kappa shape index (κ3) is 4.41. The van der Waals surface area contributed by atoms with Crippen LogP contribution in [0.3, 0.4) is 0 Å². The van der Waals surface area contributed by atoms with Crippen LogP contribution in [0.2, 0.25) is 5.02 Å². The third-order valence-corrected chi connectivity index (χ3v) is 3.20. The van der Waals surface area contributed by atoms with Crippen molar-refractivity contribution in [2.75, 3.05) is 5.32 Å². The van der Waals surface area contributed by atoms with E-state index in [-0.39, 0.29) is 11.6 Å². The summed E-state index contributed by atoms with van der Waals surface area (Å²) >= 11 is 5.64. The second-order valence-corrected chi connectivity index (χ2v) is 5.19. The lowest BCUT2D eigenvalue weighted by Crippen LogP contribution is -2.15. The standard InChI is InChI=1S/C15H8ClF6NO/c16-11-3-1-8(2-4-11)13(24)23-12-6-9(14(17,18)19)5-10(7-12)15(20,21)22/h1-7H,(H,23,24). The van der Waals surface area contributed by atoms with Crippen molar-refractivity contribution in [2.24, 2.45) is 0 Å². The largest absolute Gasteiger partial charge is 0.416 e. The van der Waals surface area contributed by atoms with E-state index in [4.69, 9.17) is 11.6 Å². The van der Waals surface area contributed by atoms with Crippen molar-refractivity contribution in [1.29, 1.82) is 0 Å². The smallest absolute Gasteiger partial charge is 0.322 e. The molecule has 0 heterocycles. The van der Waals surface area contributed by atoms with Crippen molar-refractivity contribution < 1.29 is 31.1 Å². The second-order valence-electron chi connectivity index (χ2n) is 4.76. The molecule has 2 aromatic carbocycles. The Morgan fingerprint density at radius 3 is 1.71 bits per heavy atom. The molecule has 1 N–H and O–H groups in total. The maximum Gasteiger partial charge on any atom is 0.416 e. The van der Waals surface area contributed by atoms with Crippen LogP contribution in [-0.4, -0.2) is 5.91 Å². The molecule has 0 saturated carbocycles. The lowest BCUT2D eigenvalue weighted by molar-refractivity contribution is -0.143. The summed E-state index contributed by atoms with van der Waals surface area (Å²) < 4.78 is 76.5. The normalized spacial score (nSPS) is 12.1.